The van der Waals surface area contributed by atoms with Crippen molar-refractivity contribution < 1.29 is 14.6 Å². The Morgan fingerprint density at radius 2 is 2.21 bits per heavy atom. The summed E-state index contributed by atoms with van der Waals surface area (Å²) in [5.41, 5.74) is 0.700. The fourth-order valence-corrected chi connectivity index (χ4v) is 3.21. The zero-order valence-corrected chi connectivity index (χ0v) is 15.6. The van der Waals surface area contributed by atoms with Gasteiger partial charge in [-0.25, -0.2) is 4.98 Å². The molecular formula is C16H18Cl2N2O3S. The van der Waals surface area contributed by atoms with Gasteiger partial charge in [0.05, 0.1) is 15.7 Å². The molecule has 0 aliphatic rings. The van der Waals surface area contributed by atoms with Crippen LogP contribution in [0.25, 0.3) is 0 Å². The molecule has 0 aliphatic heterocycles. The number of carbonyl (C=O) groups excluding carboxylic acids is 1. The summed E-state index contributed by atoms with van der Waals surface area (Å²) in [6.45, 7) is 3.84. The predicted octanol–water partition coefficient (Wildman–Crippen LogP) is 3.49. The number of hydrogen-bond acceptors (Lipinski definition) is 5. The number of benzene rings is 1. The molecule has 0 saturated heterocycles. The number of aromatic nitrogens is 1. The molecule has 0 fully saturated rings. The fraction of sp³-hybridized carbons (Fsp3) is 0.375. The van der Waals surface area contributed by atoms with Gasteiger partial charge in [0.2, 0.25) is 0 Å². The molecule has 5 nitrogen and oxygen atoms in total. The lowest BCUT2D eigenvalue weighted by atomic mass is 10.3. The summed E-state index contributed by atoms with van der Waals surface area (Å²) in [6, 6.07) is 5.01. The van der Waals surface area contributed by atoms with E-state index in [9.17, 15) is 9.90 Å². The van der Waals surface area contributed by atoms with Gasteiger partial charge in [0.1, 0.15) is 28.4 Å². The molecule has 0 bridgehead atoms. The highest BCUT2D eigenvalue weighted by atomic mass is 35.5. The van der Waals surface area contributed by atoms with Crippen LogP contribution in [0.2, 0.25) is 10.0 Å². The van der Waals surface area contributed by atoms with Crippen LogP contribution in [0.15, 0.2) is 18.2 Å². The lowest BCUT2D eigenvalue weighted by Gasteiger charge is -2.14. The van der Waals surface area contributed by atoms with Crippen LogP contribution >= 0.6 is 34.5 Å². The molecule has 0 aliphatic carbocycles. The maximum absolute atomic E-state index is 12.1. The van der Waals surface area contributed by atoms with Crippen LogP contribution in [0.4, 0.5) is 0 Å². The average Bonchev–Trinajstić information content (AvgIpc) is 2.95. The molecule has 1 heterocycles. The first-order valence-corrected chi connectivity index (χ1v) is 8.99. The number of aliphatic hydroxyl groups excluding tert-OH is 1. The second-order valence-electron chi connectivity index (χ2n) is 5.10. The van der Waals surface area contributed by atoms with E-state index in [1.54, 1.807) is 25.1 Å². The smallest absolute Gasteiger partial charge is 0.263 e. The topological polar surface area (TPSA) is 71.5 Å². The van der Waals surface area contributed by atoms with Crippen LogP contribution < -0.4 is 10.1 Å². The van der Waals surface area contributed by atoms with Crippen LogP contribution in [0, 0.1) is 6.92 Å². The van der Waals surface area contributed by atoms with E-state index in [-0.39, 0.29) is 19.1 Å². The number of amides is 1. The summed E-state index contributed by atoms with van der Waals surface area (Å²) in [6.07, 6.45) is -0.0850. The summed E-state index contributed by atoms with van der Waals surface area (Å²) in [5, 5.41) is 14.2. The molecule has 0 saturated carbocycles. The number of carbonyl (C=O) groups is 1. The van der Waals surface area contributed by atoms with Gasteiger partial charge in [-0.3, -0.25) is 4.79 Å². The first-order chi connectivity index (χ1) is 11.4. The molecule has 8 heteroatoms. The Labute approximate surface area is 154 Å². The Kier molecular flexibility index (Phi) is 6.86. The highest BCUT2D eigenvalue weighted by molar-refractivity contribution is 7.13. The molecule has 0 spiro atoms. The Morgan fingerprint density at radius 3 is 2.88 bits per heavy atom. The maximum atomic E-state index is 12.1. The molecule has 1 aromatic carbocycles. The third-order valence-electron chi connectivity index (χ3n) is 3.20. The number of hydrogen-bond donors (Lipinski definition) is 2. The molecular weight excluding hydrogens is 371 g/mol. The van der Waals surface area contributed by atoms with Crippen LogP contribution in [-0.2, 0) is 6.42 Å². The number of thiazole rings is 1. The van der Waals surface area contributed by atoms with E-state index in [1.807, 2.05) is 6.92 Å². The van der Waals surface area contributed by atoms with Gasteiger partial charge in [-0.2, -0.15) is 0 Å². The predicted molar refractivity (Wildman–Crippen MR) is 96.5 cm³/mol. The quantitative estimate of drug-likeness (QED) is 0.761. The van der Waals surface area contributed by atoms with E-state index in [2.05, 4.69) is 10.3 Å². The zero-order valence-electron chi connectivity index (χ0n) is 13.3. The highest BCUT2D eigenvalue weighted by Gasteiger charge is 2.16. The third kappa shape index (κ3) is 4.83. The minimum atomic E-state index is -0.872. The van der Waals surface area contributed by atoms with E-state index in [0.717, 1.165) is 11.4 Å². The Balaban J connectivity index is 1.84. The Morgan fingerprint density at radius 1 is 1.46 bits per heavy atom. The normalized spacial score (nSPS) is 12.0. The lowest BCUT2D eigenvalue weighted by molar-refractivity contribution is 0.0846. The molecule has 1 atom stereocenters. The van der Waals surface area contributed by atoms with Crippen molar-refractivity contribution in [3.8, 4) is 5.75 Å². The van der Waals surface area contributed by atoms with Gasteiger partial charge >= 0.3 is 0 Å². The van der Waals surface area contributed by atoms with Crippen molar-refractivity contribution >= 4 is 40.4 Å². The van der Waals surface area contributed by atoms with Crippen molar-refractivity contribution in [1.29, 1.82) is 0 Å². The van der Waals surface area contributed by atoms with E-state index in [4.69, 9.17) is 27.9 Å². The summed E-state index contributed by atoms with van der Waals surface area (Å²) >= 11 is 13.3. The van der Waals surface area contributed by atoms with Gasteiger partial charge in [0.15, 0.2) is 0 Å². The molecule has 130 valence electrons. The fourth-order valence-electron chi connectivity index (χ4n) is 1.95. The van der Waals surface area contributed by atoms with Gasteiger partial charge < -0.3 is 15.2 Å². The monoisotopic (exact) mass is 388 g/mol. The van der Waals surface area contributed by atoms with E-state index in [1.165, 1.54) is 11.3 Å². The second-order valence-corrected chi connectivity index (χ2v) is 6.97. The number of halogens is 2. The van der Waals surface area contributed by atoms with Gasteiger partial charge in [-0.15, -0.1) is 11.3 Å². The van der Waals surface area contributed by atoms with Crippen LogP contribution in [0.5, 0.6) is 5.75 Å². The van der Waals surface area contributed by atoms with Gasteiger partial charge in [-0.05, 0) is 25.5 Å². The molecule has 24 heavy (non-hydrogen) atoms. The van der Waals surface area contributed by atoms with Gasteiger partial charge in [-0.1, -0.05) is 36.2 Å². The molecule has 2 N–H and O–H groups in total. The lowest BCUT2D eigenvalue weighted by Crippen LogP contribution is -2.35. The third-order valence-corrected chi connectivity index (χ3v) is 5.30. The SMILES string of the molecule is CCc1nc(C)c(C(=O)NCC(O)COc2cccc(Cl)c2Cl)s1. The number of nitrogens with one attached hydrogen (secondary N) is 1. The first kappa shape index (κ1) is 19.0. The molecule has 1 amide bonds. The Bertz CT molecular complexity index is 721. The van der Waals surface area contributed by atoms with E-state index in [0.29, 0.717) is 26.4 Å². The van der Waals surface area contributed by atoms with Gasteiger partial charge in [0, 0.05) is 6.54 Å². The van der Waals surface area contributed by atoms with Gasteiger partial charge in [0.25, 0.3) is 5.91 Å². The van der Waals surface area contributed by atoms with Crippen molar-refractivity contribution in [3.63, 3.8) is 0 Å². The van der Waals surface area contributed by atoms with Crippen LogP contribution in [0.1, 0.15) is 27.3 Å². The molecule has 1 unspecified atom stereocenters. The maximum Gasteiger partial charge on any atom is 0.263 e. The summed E-state index contributed by atoms with van der Waals surface area (Å²) in [4.78, 5) is 17.0. The Hall–Kier alpha value is -1.34. The van der Waals surface area contributed by atoms with Crippen molar-refractivity contribution in [2.24, 2.45) is 0 Å². The number of nitrogens with zero attached hydrogens (tertiary/aromatic N) is 1. The average molecular weight is 389 g/mol. The largest absolute Gasteiger partial charge is 0.489 e. The first-order valence-electron chi connectivity index (χ1n) is 7.41. The summed E-state index contributed by atoms with van der Waals surface area (Å²) in [5.74, 6) is 0.143. The van der Waals surface area contributed by atoms with E-state index < -0.39 is 6.10 Å². The van der Waals surface area contributed by atoms with Crippen molar-refractivity contribution in [2.45, 2.75) is 26.4 Å². The van der Waals surface area contributed by atoms with Crippen LogP contribution in [-0.4, -0.2) is 35.3 Å². The molecule has 0 radical (unpaired) electrons. The minimum Gasteiger partial charge on any atom is -0.489 e. The number of rotatable bonds is 7. The number of aliphatic hydroxyl groups is 1. The molecule has 2 aromatic rings. The highest BCUT2D eigenvalue weighted by Crippen LogP contribution is 2.31. The zero-order chi connectivity index (χ0) is 17.7. The van der Waals surface area contributed by atoms with E-state index >= 15 is 0 Å². The number of ether oxygens (including phenoxy) is 1. The van der Waals surface area contributed by atoms with Crippen molar-refractivity contribution in [1.82, 2.24) is 10.3 Å². The number of aryl methyl sites for hydroxylation is 2. The second kappa shape index (κ2) is 8.67. The van der Waals surface area contributed by atoms with Crippen molar-refractivity contribution in [3.05, 3.63) is 43.8 Å². The summed E-state index contributed by atoms with van der Waals surface area (Å²) < 4.78 is 5.44. The standard InChI is InChI=1S/C16H18Cl2N2O3S/c1-3-13-20-9(2)15(24-13)16(22)19-7-10(21)8-23-12-6-4-5-11(17)14(12)18/h4-6,10,21H,3,7-8H2,1-2H3,(H,19,22). The molecule has 2 rings (SSSR count). The molecule has 1 aromatic heterocycles. The minimum absolute atomic E-state index is 0.0117. The van der Waals surface area contributed by atoms with Crippen LogP contribution in [0.3, 0.4) is 0 Å². The summed E-state index contributed by atoms with van der Waals surface area (Å²) in [7, 11) is 0. The van der Waals surface area contributed by atoms with Crippen molar-refractivity contribution in [2.75, 3.05) is 13.2 Å².